The standard InChI is InChI=1S/C17H20N6O5/c1-20-10-19-15(23(25)26)16(20)21-4-6-22(7-5-21)17(24)18-9-12-2-3-13-14(8-12)28-11-27-13/h2-3,8,10H,4-7,9,11H2,1H3,(H,18,24). The van der Waals surface area contributed by atoms with Crippen LogP contribution in [0.3, 0.4) is 0 Å². The first-order valence-corrected chi connectivity index (χ1v) is 8.85. The summed E-state index contributed by atoms with van der Waals surface area (Å²) in [6.45, 7) is 2.52. The van der Waals surface area contributed by atoms with E-state index < -0.39 is 4.92 Å². The Morgan fingerprint density at radius 2 is 2.00 bits per heavy atom. The van der Waals surface area contributed by atoms with Crippen LogP contribution >= 0.6 is 0 Å². The molecule has 0 bridgehead atoms. The van der Waals surface area contributed by atoms with E-state index >= 15 is 0 Å². The van der Waals surface area contributed by atoms with Crippen molar-refractivity contribution in [2.45, 2.75) is 6.54 Å². The van der Waals surface area contributed by atoms with Gasteiger partial charge in [-0.15, -0.1) is 0 Å². The van der Waals surface area contributed by atoms with Crippen LogP contribution in [0, 0.1) is 10.1 Å². The number of hydrogen-bond donors (Lipinski definition) is 1. The second kappa shape index (κ2) is 7.25. The fourth-order valence-corrected chi connectivity index (χ4v) is 3.37. The van der Waals surface area contributed by atoms with Crippen LogP contribution < -0.4 is 19.7 Å². The Labute approximate surface area is 160 Å². The van der Waals surface area contributed by atoms with E-state index in [9.17, 15) is 14.9 Å². The minimum atomic E-state index is -0.486. The number of rotatable bonds is 4. The SMILES string of the molecule is Cn1cnc([N+](=O)[O-])c1N1CCN(C(=O)NCc2ccc3c(c2)OCO3)CC1. The summed E-state index contributed by atoms with van der Waals surface area (Å²) in [6, 6.07) is 5.38. The van der Waals surface area contributed by atoms with Gasteiger partial charge in [0, 0.05) is 39.8 Å². The van der Waals surface area contributed by atoms with Crippen molar-refractivity contribution in [3.05, 3.63) is 40.2 Å². The van der Waals surface area contributed by atoms with Crippen molar-refractivity contribution in [2.75, 3.05) is 37.9 Å². The summed E-state index contributed by atoms with van der Waals surface area (Å²) in [4.78, 5) is 30.5. The lowest BCUT2D eigenvalue weighted by atomic mass is 10.2. The summed E-state index contributed by atoms with van der Waals surface area (Å²) in [5.41, 5.74) is 0.918. The molecule has 2 aliphatic heterocycles. The predicted molar refractivity (Wildman–Crippen MR) is 98.4 cm³/mol. The Kier molecular flexibility index (Phi) is 4.63. The zero-order chi connectivity index (χ0) is 19.7. The monoisotopic (exact) mass is 388 g/mol. The molecule has 11 heteroatoms. The maximum absolute atomic E-state index is 12.5. The molecule has 2 aliphatic rings. The third-order valence-electron chi connectivity index (χ3n) is 4.81. The minimum Gasteiger partial charge on any atom is -0.454 e. The Balaban J connectivity index is 1.32. The Morgan fingerprint density at radius 3 is 2.75 bits per heavy atom. The topological polar surface area (TPSA) is 115 Å². The Morgan fingerprint density at radius 1 is 1.25 bits per heavy atom. The highest BCUT2D eigenvalue weighted by Gasteiger charge is 2.29. The highest BCUT2D eigenvalue weighted by Crippen LogP contribution is 2.32. The normalized spacial score (nSPS) is 15.6. The number of imidazole rings is 1. The van der Waals surface area contributed by atoms with Gasteiger partial charge in [-0.2, -0.15) is 0 Å². The molecule has 2 amide bonds. The number of aryl methyl sites for hydroxylation is 1. The van der Waals surface area contributed by atoms with E-state index in [1.165, 1.54) is 6.33 Å². The lowest BCUT2D eigenvalue weighted by molar-refractivity contribution is -0.388. The lowest BCUT2D eigenvalue weighted by Crippen LogP contribution is -2.52. The Hall–Kier alpha value is -3.50. The Bertz CT molecular complexity index is 905. The molecule has 1 aromatic carbocycles. The van der Waals surface area contributed by atoms with Crippen molar-refractivity contribution in [2.24, 2.45) is 7.05 Å². The quantitative estimate of drug-likeness (QED) is 0.616. The van der Waals surface area contributed by atoms with Crippen molar-refractivity contribution >= 4 is 17.7 Å². The number of carbonyl (C=O) groups excluding carboxylic acids is 1. The number of nitro groups is 1. The number of aromatic nitrogens is 2. The molecule has 0 unspecified atom stereocenters. The average molecular weight is 388 g/mol. The number of nitrogens with zero attached hydrogens (tertiary/aromatic N) is 5. The van der Waals surface area contributed by atoms with Crippen molar-refractivity contribution in [1.82, 2.24) is 19.8 Å². The summed E-state index contributed by atoms with van der Waals surface area (Å²) in [7, 11) is 1.72. The smallest absolute Gasteiger partial charge is 0.406 e. The van der Waals surface area contributed by atoms with Gasteiger partial charge in [0.15, 0.2) is 11.5 Å². The number of benzene rings is 1. The summed E-state index contributed by atoms with van der Waals surface area (Å²) in [6.07, 6.45) is 1.43. The van der Waals surface area contributed by atoms with Crippen LogP contribution in [0.2, 0.25) is 0 Å². The van der Waals surface area contributed by atoms with E-state index in [2.05, 4.69) is 10.3 Å². The third kappa shape index (κ3) is 3.38. The number of carbonyl (C=O) groups is 1. The summed E-state index contributed by atoms with van der Waals surface area (Å²) >= 11 is 0. The van der Waals surface area contributed by atoms with Crippen LogP contribution in [0.1, 0.15) is 5.56 Å². The molecule has 2 aromatic rings. The first kappa shape index (κ1) is 17.9. The molecule has 1 aromatic heterocycles. The molecule has 0 atom stereocenters. The van der Waals surface area contributed by atoms with Crippen LogP contribution in [0.25, 0.3) is 0 Å². The number of nitrogens with one attached hydrogen (secondary N) is 1. The molecule has 28 heavy (non-hydrogen) atoms. The second-order valence-corrected chi connectivity index (χ2v) is 6.58. The highest BCUT2D eigenvalue weighted by molar-refractivity contribution is 5.74. The van der Waals surface area contributed by atoms with Gasteiger partial charge in [0.2, 0.25) is 18.9 Å². The first-order valence-electron chi connectivity index (χ1n) is 8.85. The zero-order valence-corrected chi connectivity index (χ0v) is 15.3. The number of hydrogen-bond acceptors (Lipinski definition) is 7. The van der Waals surface area contributed by atoms with Gasteiger partial charge < -0.3 is 34.7 Å². The van der Waals surface area contributed by atoms with Crippen LogP contribution in [0.4, 0.5) is 16.4 Å². The maximum atomic E-state index is 12.5. The van der Waals surface area contributed by atoms with E-state index in [4.69, 9.17) is 9.47 Å². The van der Waals surface area contributed by atoms with E-state index in [0.717, 1.165) is 5.56 Å². The van der Waals surface area contributed by atoms with Gasteiger partial charge in [-0.1, -0.05) is 6.07 Å². The maximum Gasteiger partial charge on any atom is 0.406 e. The molecule has 1 fully saturated rings. The summed E-state index contributed by atoms with van der Waals surface area (Å²) in [5.74, 6) is 1.68. The zero-order valence-electron chi connectivity index (χ0n) is 15.3. The van der Waals surface area contributed by atoms with Crippen LogP contribution in [0.15, 0.2) is 24.5 Å². The molecular formula is C17H20N6O5. The number of urea groups is 1. The van der Waals surface area contributed by atoms with E-state index in [0.29, 0.717) is 50.0 Å². The van der Waals surface area contributed by atoms with Gasteiger partial charge in [0.05, 0.1) is 0 Å². The number of amides is 2. The molecule has 1 N–H and O–H groups in total. The van der Waals surface area contributed by atoms with Gasteiger partial charge in [0.1, 0.15) is 0 Å². The molecule has 1 saturated heterocycles. The van der Waals surface area contributed by atoms with Crippen LogP contribution in [0.5, 0.6) is 11.5 Å². The van der Waals surface area contributed by atoms with Gasteiger partial charge in [0.25, 0.3) is 0 Å². The molecule has 11 nitrogen and oxygen atoms in total. The fourth-order valence-electron chi connectivity index (χ4n) is 3.37. The summed E-state index contributed by atoms with van der Waals surface area (Å²) in [5, 5.41) is 14.0. The van der Waals surface area contributed by atoms with Crippen molar-refractivity contribution in [1.29, 1.82) is 0 Å². The predicted octanol–water partition coefficient (Wildman–Crippen LogP) is 1.09. The van der Waals surface area contributed by atoms with Gasteiger partial charge in [-0.25, -0.2) is 4.79 Å². The number of fused-ring (bicyclic) bond motifs is 1. The average Bonchev–Trinajstić information content (AvgIpc) is 3.32. The molecular weight excluding hydrogens is 368 g/mol. The molecule has 148 valence electrons. The summed E-state index contributed by atoms with van der Waals surface area (Å²) < 4.78 is 12.2. The molecule has 3 heterocycles. The molecule has 0 radical (unpaired) electrons. The minimum absolute atomic E-state index is 0.164. The van der Waals surface area contributed by atoms with Gasteiger partial charge in [-0.3, -0.25) is 4.57 Å². The van der Waals surface area contributed by atoms with Crippen molar-refractivity contribution in [3.63, 3.8) is 0 Å². The van der Waals surface area contributed by atoms with Crippen molar-refractivity contribution in [3.8, 4) is 11.5 Å². The van der Waals surface area contributed by atoms with Crippen molar-refractivity contribution < 1.29 is 19.2 Å². The number of piperazine rings is 1. The van der Waals surface area contributed by atoms with Gasteiger partial charge >= 0.3 is 11.8 Å². The fraction of sp³-hybridized carbons (Fsp3) is 0.412. The lowest BCUT2D eigenvalue weighted by Gasteiger charge is -2.35. The van der Waals surface area contributed by atoms with E-state index in [-0.39, 0.29) is 18.6 Å². The highest BCUT2D eigenvalue weighted by atomic mass is 16.7. The van der Waals surface area contributed by atoms with E-state index in [1.54, 1.807) is 16.5 Å². The number of ether oxygens (including phenoxy) is 2. The number of anilines is 1. The molecule has 0 aliphatic carbocycles. The molecule has 4 rings (SSSR count). The molecule has 0 saturated carbocycles. The third-order valence-corrected chi connectivity index (χ3v) is 4.81. The van der Waals surface area contributed by atoms with Gasteiger partial charge in [-0.05, 0) is 27.6 Å². The molecule has 0 spiro atoms. The second-order valence-electron chi connectivity index (χ2n) is 6.58. The van der Waals surface area contributed by atoms with E-state index in [1.807, 2.05) is 23.1 Å². The van der Waals surface area contributed by atoms with Crippen LogP contribution in [-0.4, -0.2) is 58.4 Å². The van der Waals surface area contributed by atoms with Crippen LogP contribution in [-0.2, 0) is 13.6 Å². The first-order chi connectivity index (χ1) is 13.5. The largest absolute Gasteiger partial charge is 0.454 e.